The molecule has 5 nitrogen and oxygen atoms in total. The number of carbonyl (C=O) groups excluding carboxylic acids is 1. The lowest BCUT2D eigenvalue weighted by atomic mass is 10.1. The third-order valence-corrected chi connectivity index (χ3v) is 4.42. The number of hydrogen-bond donors (Lipinski definition) is 1. The molecule has 2 N–H and O–H groups in total. The number of carbonyl (C=O) groups is 1. The molecule has 1 heterocycles. The smallest absolute Gasteiger partial charge is 0.257 e. The Kier molecular flexibility index (Phi) is 7.20. The van der Waals surface area contributed by atoms with Gasteiger partial charge in [0.25, 0.3) is 5.91 Å². The molecule has 1 aromatic carbocycles. The van der Waals surface area contributed by atoms with Crippen LogP contribution in [0.2, 0.25) is 0 Å². The van der Waals surface area contributed by atoms with Crippen LogP contribution in [0, 0.1) is 17.7 Å². The summed E-state index contributed by atoms with van der Waals surface area (Å²) in [6, 6.07) is 4.03. The van der Waals surface area contributed by atoms with E-state index in [1.165, 1.54) is 18.2 Å². The highest BCUT2D eigenvalue weighted by Gasteiger charge is 2.26. The van der Waals surface area contributed by atoms with Gasteiger partial charge in [-0.15, -0.1) is 0 Å². The summed E-state index contributed by atoms with van der Waals surface area (Å²) in [7, 11) is 1.77. The first-order valence-corrected chi connectivity index (χ1v) is 9.01. The quantitative estimate of drug-likeness (QED) is 0.780. The van der Waals surface area contributed by atoms with Gasteiger partial charge in [0.1, 0.15) is 18.2 Å². The first-order chi connectivity index (χ1) is 11.9. The molecule has 0 aromatic heterocycles. The van der Waals surface area contributed by atoms with Crippen molar-refractivity contribution in [3.63, 3.8) is 0 Å². The van der Waals surface area contributed by atoms with E-state index in [1.54, 1.807) is 11.9 Å². The zero-order valence-electron chi connectivity index (χ0n) is 15.5. The van der Waals surface area contributed by atoms with Crippen LogP contribution < -0.4 is 10.5 Å². The molecule has 2 rings (SSSR count). The number of amides is 1. The Hall–Kier alpha value is -1.66. The van der Waals surface area contributed by atoms with Gasteiger partial charge in [-0.2, -0.15) is 0 Å². The molecular weight excluding hydrogens is 321 g/mol. The maximum Gasteiger partial charge on any atom is 0.257 e. The summed E-state index contributed by atoms with van der Waals surface area (Å²) in [6.07, 6.45) is 1.09. The van der Waals surface area contributed by atoms with Crippen LogP contribution in [-0.2, 0) is 0 Å². The van der Waals surface area contributed by atoms with Gasteiger partial charge in [-0.25, -0.2) is 4.39 Å². The van der Waals surface area contributed by atoms with Gasteiger partial charge in [-0.1, -0.05) is 13.8 Å². The van der Waals surface area contributed by atoms with Crippen molar-refractivity contribution in [2.45, 2.75) is 20.3 Å². The fourth-order valence-corrected chi connectivity index (χ4v) is 3.38. The molecule has 6 heteroatoms. The molecule has 1 aliphatic rings. The van der Waals surface area contributed by atoms with Crippen molar-refractivity contribution in [2.75, 3.05) is 46.4 Å². The van der Waals surface area contributed by atoms with Gasteiger partial charge in [-0.05, 0) is 43.0 Å². The average molecular weight is 351 g/mol. The lowest BCUT2D eigenvalue weighted by molar-refractivity contribution is 0.0768. The molecular formula is C19H30FN3O2. The third-order valence-electron chi connectivity index (χ3n) is 4.42. The minimum Gasteiger partial charge on any atom is -0.491 e. The highest BCUT2D eigenvalue weighted by molar-refractivity contribution is 5.96. The van der Waals surface area contributed by atoms with Crippen molar-refractivity contribution in [2.24, 2.45) is 17.6 Å². The van der Waals surface area contributed by atoms with E-state index in [1.807, 2.05) is 0 Å². The minimum atomic E-state index is -0.444. The van der Waals surface area contributed by atoms with Crippen molar-refractivity contribution in [1.82, 2.24) is 9.80 Å². The van der Waals surface area contributed by atoms with Crippen LogP contribution in [-0.4, -0.2) is 62.1 Å². The molecule has 0 bridgehead atoms. The van der Waals surface area contributed by atoms with Crippen molar-refractivity contribution >= 4 is 5.91 Å². The van der Waals surface area contributed by atoms with Gasteiger partial charge in [-0.3, -0.25) is 4.79 Å². The molecule has 0 aliphatic carbocycles. The maximum absolute atomic E-state index is 13.6. The normalized spacial score (nSPS) is 17.9. The fourth-order valence-electron chi connectivity index (χ4n) is 3.38. The Bertz CT molecular complexity index is 580. The largest absolute Gasteiger partial charge is 0.491 e. The third kappa shape index (κ3) is 5.68. The molecule has 0 radical (unpaired) electrons. The van der Waals surface area contributed by atoms with Crippen molar-refractivity contribution in [1.29, 1.82) is 0 Å². The van der Waals surface area contributed by atoms with Crippen molar-refractivity contribution in [3.8, 4) is 5.75 Å². The van der Waals surface area contributed by atoms with Gasteiger partial charge < -0.3 is 20.3 Å². The highest BCUT2D eigenvalue weighted by Crippen LogP contribution is 2.23. The van der Waals surface area contributed by atoms with Crippen LogP contribution in [0.4, 0.5) is 4.39 Å². The topological polar surface area (TPSA) is 58.8 Å². The molecule has 1 amide bonds. The molecule has 0 saturated carbocycles. The van der Waals surface area contributed by atoms with E-state index < -0.39 is 5.82 Å². The van der Waals surface area contributed by atoms with E-state index in [0.717, 1.165) is 26.1 Å². The second-order valence-corrected chi connectivity index (χ2v) is 7.27. The molecule has 1 aliphatic heterocycles. The van der Waals surface area contributed by atoms with Crippen LogP contribution >= 0.6 is 0 Å². The Morgan fingerprint density at radius 2 is 2.24 bits per heavy atom. The number of benzene rings is 1. The first kappa shape index (κ1) is 19.7. The number of nitrogens with two attached hydrogens (primary N) is 1. The zero-order chi connectivity index (χ0) is 18.4. The lowest BCUT2D eigenvalue weighted by Gasteiger charge is -2.23. The van der Waals surface area contributed by atoms with E-state index in [2.05, 4.69) is 18.7 Å². The highest BCUT2D eigenvalue weighted by atomic mass is 19.1. The minimum absolute atomic E-state index is 0.214. The predicted molar refractivity (Wildman–Crippen MR) is 97.3 cm³/mol. The standard InChI is InChI=1S/C19H30FN3O2/c1-14(2)11-23-8-6-15(13-23)12-22(3)19(24)17-10-16(20)4-5-18(17)25-9-7-21/h4-5,10,14-15H,6-9,11-13,21H2,1-3H3. The molecule has 25 heavy (non-hydrogen) atoms. The molecule has 1 aromatic rings. The summed E-state index contributed by atoms with van der Waals surface area (Å²) in [5.74, 6) is 0.827. The fraction of sp³-hybridized carbons (Fsp3) is 0.632. The van der Waals surface area contributed by atoms with E-state index in [0.29, 0.717) is 37.3 Å². The molecule has 0 spiro atoms. The van der Waals surface area contributed by atoms with E-state index in [9.17, 15) is 9.18 Å². The summed E-state index contributed by atoms with van der Waals surface area (Å²) in [6.45, 7) is 8.92. The van der Waals surface area contributed by atoms with Crippen LogP contribution in [0.15, 0.2) is 18.2 Å². The predicted octanol–water partition coefficient (Wildman–Crippen LogP) is 2.21. The number of ether oxygens (including phenoxy) is 1. The number of halogens is 1. The molecule has 1 fully saturated rings. The van der Waals surface area contributed by atoms with Gasteiger partial charge in [0.2, 0.25) is 0 Å². The Labute approximate surface area is 149 Å². The van der Waals surface area contributed by atoms with Gasteiger partial charge >= 0.3 is 0 Å². The van der Waals surface area contributed by atoms with Crippen LogP contribution in [0.1, 0.15) is 30.6 Å². The second kappa shape index (κ2) is 9.15. The molecule has 1 unspecified atom stereocenters. The van der Waals surface area contributed by atoms with Crippen LogP contribution in [0.3, 0.4) is 0 Å². The Balaban J connectivity index is 1.99. The zero-order valence-corrected chi connectivity index (χ0v) is 15.5. The maximum atomic E-state index is 13.6. The van der Waals surface area contributed by atoms with E-state index in [-0.39, 0.29) is 11.5 Å². The van der Waals surface area contributed by atoms with Crippen molar-refractivity contribution < 1.29 is 13.9 Å². The molecule has 140 valence electrons. The second-order valence-electron chi connectivity index (χ2n) is 7.27. The van der Waals surface area contributed by atoms with Gasteiger partial charge in [0.15, 0.2) is 0 Å². The number of rotatable bonds is 8. The monoisotopic (exact) mass is 351 g/mol. The number of nitrogens with zero attached hydrogens (tertiary/aromatic N) is 2. The Morgan fingerprint density at radius 3 is 2.92 bits per heavy atom. The van der Waals surface area contributed by atoms with E-state index >= 15 is 0 Å². The summed E-state index contributed by atoms with van der Waals surface area (Å²) in [5.41, 5.74) is 5.71. The SMILES string of the molecule is CC(C)CN1CCC(CN(C)C(=O)c2cc(F)ccc2OCCN)C1. The summed E-state index contributed by atoms with van der Waals surface area (Å²) < 4.78 is 19.1. The van der Waals surface area contributed by atoms with Crippen LogP contribution in [0.5, 0.6) is 5.75 Å². The van der Waals surface area contributed by atoms with Gasteiger partial charge in [0, 0.05) is 33.2 Å². The Morgan fingerprint density at radius 1 is 1.48 bits per heavy atom. The van der Waals surface area contributed by atoms with Crippen LogP contribution in [0.25, 0.3) is 0 Å². The average Bonchev–Trinajstić information content (AvgIpc) is 2.99. The lowest BCUT2D eigenvalue weighted by Crippen LogP contribution is -2.34. The molecule has 1 atom stereocenters. The summed E-state index contributed by atoms with van der Waals surface area (Å²) in [5, 5.41) is 0. The summed E-state index contributed by atoms with van der Waals surface area (Å²) >= 11 is 0. The van der Waals surface area contributed by atoms with E-state index in [4.69, 9.17) is 10.5 Å². The first-order valence-electron chi connectivity index (χ1n) is 9.01. The van der Waals surface area contributed by atoms with Gasteiger partial charge in [0.05, 0.1) is 5.56 Å². The van der Waals surface area contributed by atoms with Crippen molar-refractivity contribution in [3.05, 3.63) is 29.6 Å². The summed E-state index contributed by atoms with van der Waals surface area (Å²) in [4.78, 5) is 16.9. The molecule has 1 saturated heterocycles. The number of hydrogen-bond acceptors (Lipinski definition) is 4. The number of likely N-dealkylation sites (tertiary alicyclic amines) is 1.